The van der Waals surface area contributed by atoms with Crippen molar-refractivity contribution in [2.45, 2.75) is 44.6 Å². The van der Waals surface area contributed by atoms with E-state index in [0.717, 1.165) is 25.7 Å². The van der Waals surface area contributed by atoms with Gasteiger partial charge in [0.1, 0.15) is 0 Å². The minimum Gasteiger partial charge on any atom is -0.339 e. The van der Waals surface area contributed by atoms with Gasteiger partial charge in [-0.2, -0.15) is 0 Å². The summed E-state index contributed by atoms with van der Waals surface area (Å²) in [5.74, 6) is -0.662. The molecule has 1 N–H and O–H groups in total. The summed E-state index contributed by atoms with van der Waals surface area (Å²) >= 11 is 6.01. The van der Waals surface area contributed by atoms with Crippen molar-refractivity contribution in [2.24, 2.45) is 5.92 Å². The molecule has 3 rings (SSSR count). The van der Waals surface area contributed by atoms with Crippen LogP contribution >= 0.6 is 11.6 Å². The van der Waals surface area contributed by atoms with E-state index in [1.165, 1.54) is 24.6 Å². The maximum Gasteiger partial charge on any atom is 0.271 e. The number of halogens is 1. The summed E-state index contributed by atoms with van der Waals surface area (Å²) in [4.78, 5) is 36.8. The molecule has 1 heterocycles. The molecule has 1 saturated heterocycles. The Kier molecular flexibility index (Phi) is 5.22. The molecule has 25 heavy (non-hydrogen) atoms. The Morgan fingerprint density at radius 1 is 1.28 bits per heavy atom. The lowest BCUT2D eigenvalue weighted by molar-refractivity contribution is -0.384. The van der Waals surface area contributed by atoms with E-state index in [1.54, 1.807) is 0 Å². The van der Waals surface area contributed by atoms with Crippen molar-refractivity contribution in [1.29, 1.82) is 0 Å². The minimum atomic E-state index is -0.546. The monoisotopic (exact) mass is 365 g/mol. The first-order chi connectivity index (χ1) is 12.0. The van der Waals surface area contributed by atoms with Gasteiger partial charge < -0.3 is 10.2 Å². The van der Waals surface area contributed by atoms with Crippen molar-refractivity contribution in [3.8, 4) is 0 Å². The highest BCUT2D eigenvalue weighted by Crippen LogP contribution is 2.31. The summed E-state index contributed by atoms with van der Waals surface area (Å²) in [6, 6.07) is 4.15. The third kappa shape index (κ3) is 3.92. The molecule has 1 aliphatic carbocycles. The molecule has 0 bridgehead atoms. The Morgan fingerprint density at radius 3 is 2.64 bits per heavy atom. The summed E-state index contributed by atoms with van der Waals surface area (Å²) in [5.41, 5.74) is 0.184. The van der Waals surface area contributed by atoms with Gasteiger partial charge >= 0.3 is 0 Å². The SMILES string of the molecule is O=C(Nc1ccc([N+](=O)[O-])cc1Cl)[C@H]1CC(=O)N(C2CCCCC2)C1. The Balaban J connectivity index is 1.64. The van der Waals surface area contributed by atoms with Crippen LogP contribution in [0.2, 0.25) is 5.02 Å². The Bertz CT molecular complexity index is 703. The Labute approximate surface area is 150 Å². The summed E-state index contributed by atoms with van der Waals surface area (Å²) in [6.45, 7) is 0.430. The minimum absolute atomic E-state index is 0.0295. The fourth-order valence-electron chi connectivity index (χ4n) is 3.61. The van der Waals surface area contributed by atoms with Gasteiger partial charge in [-0.25, -0.2) is 0 Å². The third-order valence-corrected chi connectivity index (χ3v) is 5.28. The van der Waals surface area contributed by atoms with Crippen LogP contribution < -0.4 is 5.32 Å². The van der Waals surface area contributed by atoms with Crippen LogP contribution in [-0.4, -0.2) is 34.2 Å². The topological polar surface area (TPSA) is 92.5 Å². The Hall–Kier alpha value is -2.15. The molecule has 2 amide bonds. The van der Waals surface area contributed by atoms with E-state index in [2.05, 4.69) is 5.32 Å². The van der Waals surface area contributed by atoms with Gasteiger partial charge in [0.25, 0.3) is 5.69 Å². The molecule has 0 unspecified atom stereocenters. The summed E-state index contributed by atoms with van der Waals surface area (Å²) < 4.78 is 0. The molecule has 0 radical (unpaired) electrons. The van der Waals surface area contributed by atoms with Gasteiger partial charge in [0.05, 0.1) is 21.6 Å². The zero-order valence-electron chi connectivity index (χ0n) is 13.7. The zero-order chi connectivity index (χ0) is 18.0. The van der Waals surface area contributed by atoms with Crippen molar-refractivity contribution in [1.82, 2.24) is 4.90 Å². The lowest BCUT2D eigenvalue weighted by atomic mass is 9.94. The molecule has 1 atom stereocenters. The van der Waals surface area contributed by atoms with Crippen LogP contribution in [0, 0.1) is 16.0 Å². The largest absolute Gasteiger partial charge is 0.339 e. The Morgan fingerprint density at radius 2 is 2.00 bits per heavy atom. The number of non-ortho nitro benzene ring substituents is 1. The number of rotatable bonds is 4. The lowest BCUT2D eigenvalue weighted by Gasteiger charge is -2.31. The molecule has 1 aromatic rings. The molecule has 1 saturated carbocycles. The molecular weight excluding hydrogens is 346 g/mol. The number of amides is 2. The second kappa shape index (κ2) is 7.39. The quantitative estimate of drug-likeness (QED) is 0.654. The van der Waals surface area contributed by atoms with Crippen LogP contribution in [0.25, 0.3) is 0 Å². The van der Waals surface area contributed by atoms with Crippen molar-refractivity contribution in [3.05, 3.63) is 33.3 Å². The van der Waals surface area contributed by atoms with Gasteiger partial charge in [0, 0.05) is 31.1 Å². The first-order valence-electron chi connectivity index (χ1n) is 8.50. The number of hydrogen-bond donors (Lipinski definition) is 1. The summed E-state index contributed by atoms with van der Waals surface area (Å²) in [5, 5.41) is 13.5. The van der Waals surface area contributed by atoms with Gasteiger partial charge in [0.15, 0.2) is 0 Å². The molecule has 8 heteroatoms. The standard InChI is InChI=1S/C17H20ClN3O4/c18-14-9-13(21(24)25)6-7-15(14)19-17(23)11-8-16(22)20(10-11)12-4-2-1-3-5-12/h6-7,9,11-12H,1-5,8,10H2,(H,19,23)/t11-/m0/s1. The number of anilines is 1. The predicted molar refractivity (Wildman–Crippen MR) is 93.4 cm³/mol. The summed E-state index contributed by atoms with van der Waals surface area (Å²) in [6.07, 6.45) is 5.68. The van der Waals surface area contributed by atoms with E-state index in [4.69, 9.17) is 11.6 Å². The molecule has 7 nitrogen and oxygen atoms in total. The van der Waals surface area contributed by atoms with Gasteiger partial charge in [-0.15, -0.1) is 0 Å². The molecular formula is C17H20ClN3O4. The van der Waals surface area contributed by atoms with Crippen molar-refractivity contribution in [3.63, 3.8) is 0 Å². The number of nitro groups is 1. The normalized spacial score (nSPS) is 21.4. The number of benzene rings is 1. The van der Waals surface area contributed by atoms with Crippen molar-refractivity contribution >= 4 is 34.8 Å². The number of carbonyl (C=O) groups is 2. The highest BCUT2D eigenvalue weighted by molar-refractivity contribution is 6.34. The molecule has 0 aromatic heterocycles. The molecule has 1 aliphatic heterocycles. The van der Waals surface area contributed by atoms with Crippen LogP contribution in [0.3, 0.4) is 0 Å². The van der Waals surface area contributed by atoms with E-state index < -0.39 is 10.8 Å². The highest BCUT2D eigenvalue weighted by Gasteiger charge is 2.38. The highest BCUT2D eigenvalue weighted by atomic mass is 35.5. The molecule has 0 spiro atoms. The zero-order valence-corrected chi connectivity index (χ0v) is 14.5. The van der Waals surface area contributed by atoms with Crippen molar-refractivity contribution < 1.29 is 14.5 Å². The fraction of sp³-hybridized carbons (Fsp3) is 0.529. The second-order valence-electron chi connectivity index (χ2n) is 6.65. The van der Waals surface area contributed by atoms with Gasteiger partial charge in [-0.3, -0.25) is 19.7 Å². The predicted octanol–water partition coefficient (Wildman–Crippen LogP) is 3.37. The number of hydrogen-bond acceptors (Lipinski definition) is 4. The van der Waals surface area contributed by atoms with E-state index in [0.29, 0.717) is 12.2 Å². The number of nitrogens with one attached hydrogen (secondary N) is 1. The second-order valence-corrected chi connectivity index (χ2v) is 7.06. The van der Waals surface area contributed by atoms with Crippen LogP contribution in [0.1, 0.15) is 38.5 Å². The van der Waals surface area contributed by atoms with E-state index in [1.807, 2.05) is 4.90 Å². The molecule has 2 fully saturated rings. The molecule has 2 aliphatic rings. The van der Waals surface area contributed by atoms with E-state index in [9.17, 15) is 19.7 Å². The number of nitro benzene ring substituents is 1. The number of likely N-dealkylation sites (tertiary alicyclic amines) is 1. The number of carbonyl (C=O) groups excluding carboxylic acids is 2. The molecule has 134 valence electrons. The van der Waals surface area contributed by atoms with Gasteiger partial charge in [-0.05, 0) is 18.9 Å². The van der Waals surface area contributed by atoms with Crippen LogP contribution in [0.15, 0.2) is 18.2 Å². The number of nitrogens with zero attached hydrogens (tertiary/aromatic N) is 2. The lowest BCUT2D eigenvalue weighted by Crippen LogP contribution is -2.38. The maximum absolute atomic E-state index is 12.5. The average Bonchev–Trinajstić information content (AvgIpc) is 2.99. The molecule has 1 aromatic carbocycles. The average molecular weight is 366 g/mol. The smallest absolute Gasteiger partial charge is 0.271 e. The third-order valence-electron chi connectivity index (χ3n) is 4.97. The van der Waals surface area contributed by atoms with Gasteiger partial charge in [-0.1, -0.05) is 30.9 Å². The summed E-state index contributed by atoms with van der Waals surface area (Å²) in [7, 11) is 0. The first kappa shape index (κ1) is 17.7. The van der Waals surface area contributed by atoms with E-state index in [-0.39, 0.29) is 35.0 Å². The fourth-order valence-corrected chi connectivity index (χ4v) is 3.83. The first-order valence-corrected chi connectivity index (χ1v) is 8.88. The van der Waals surface area contributed by atoms with Crippen LogP contribution in [0.5, 0.6) is 0 Å². The maximum atomic E-state index is 12.5. The van der Waals surface area contributed by atoms with Crippen LogP contribution in [0.4, 0.5) is 11.4 Å². The van der Waals surface area contributed by atoms with Crippen LogP contribution in [-0.2, 0) is 9.59 Å². The van der Waals surface area contributed by atoms with Crippen molar-refractivity contribution in [2.75, 3.05) is 11.9 Å². The van der Waals surface area contributed by atoms with Gasteiger partial charge in [0.2, 0.25) is 11.8 Å². The van der Waals surface area contributed by atoms with E-state index >= 15 is 0 Å².